The van der Waals surface area contributed by atoms with Crippen LogP contribution in [0.15, 0.2) is 36.4 Å². The first-order valence-electron chi connectivity index (χ1n) is 10.5. The predicted octanol–water partition coefficient (Wildman–Crippen LogP) is 6.36. The molecule has 0 bridgehead atoms. The van der Waals surface area contributed by atoms with E-state index in [9.17, 15) is 35.9 Å². The Morgan fingerprint density at radius 1 is 0.971 bits per heavy atom. The van der Waals surface area contributed by atoms with Crippen molar-refractivity contribution in [2.75, 3.05) is 16.8 Å². The van der Waals surface area contributed by atoms with Crippen LogP contribution in [0.25, 0.3) is 0 Å². The average molecular weight is 486 g/mol. The zero-order valence-electron chi connectivity index (χ0n) is 19.0. The molecule has 0 aromatic heterocycles. The Kier molecular flexibility index (Phi) is 6.49. The quantitative estimate of drug-likeness (QED) is 0.512. The van der Waals surface area contributed by atoms with Crippen molar-refractivity contribution in [1.82, 2.24) is 0 Å². The van der Waals surface area contributed by atoms with E-state index in [2.05, 4.69) is 5.32 Å². The van der Waals surface area contributed by atoms with Gasteiger partial charge in [-0.25, -0.2) is 0 Å². The van der Waals surface area contributed by atoms with Gasteiger partial charge in [-0.05, 0) is 49.1 Å². The summed E-state index contributed by atoms with van der Waals surface area (Å²) >= 11 is 0. The summed E-state index contributed by atoms with van der Waals surface area (Å²) in [6, 6.07) is 6.36. The number of anilines is 2. The number of nitrogens with zero attached hydrogens (tertiary/aromatic N) is 1. The molecule has 2 aromatic carbocycles. The van der Waals surface area contributed by atoms with Crippen LogP contribution >= 0.6 is 0 Å². The molecule has 1 aliphatic heterocycles. The van der Waals surface area contributed by atoms with Crippen molar-refractivity contribution in [2.45, 2.75) is 46.5 Å². The molecular formula is C24H24F6N2O2. The van der Waals surface area contributed by atoms with Crippen LogP contribution in [0.1, 0.15) is 42.5 Å². The molecule has 1 saturated heterocycles. The normalized spacial score (nSPS) is 19.1. The summed E-state index contributed by atoms with van der Waals surface area (Å²) in [6.45, 7) is 6.95. The number of para-hydroxylation sites is 1. The van der Waals surface area contributed by atoms with Crippen LogP contribution in [-0.2, 0) is 21.9 Å². The zero-order valence-corrected chi connectivity index (χ0v) is 19.0. The highest BCUT2D eigenvalue weighted by molar-refractivity contribution is 6.06. The minimum atomic E-state index is -5.04. The number of alkyl halides is 6. The van der Waals surface area contributed by atoms with E-state index < -0.39 is 46.4 Å². The maximum absolute atomic E-state index is 13.3. The van der Waals surface area contributed by atoms with E-state index in [1.807, 2.05) is 32.0 Å². The van der Waals surface area contributed by atoms with Crippen molar-refractivity contribution in [3.8, 4) is 0 Å². The Morgan fingerprint density at radius 3 is 1.91 bits per heavy atom. The molecule has 3 rings (SSSR count). The van der Waals surface area contributed by atoms with Crippen molar-refractivity contribution >= 4 is 23.2 Å². The molecule has 0 aliphatic carbocycles. The van der Waals surface area contributed by atoms with E-state index in [0.717, 1.165) is 11.1 Å². The molecule has 1 unspecified atom stereocenters. The number of amides is 2. The maximum atomic E-state index is 13.3. The van der Waals surface area contributed by atoms with Gasteiger partial charge in [-0.2, -0.15) is 26.3 Å². The summed E-state index contributed by atoms with van der Waals surface area (Å²) in [6.07, 6.45) is -10.3. The van der Waals surface area contributed by atoms with E-state index in [1.54, 1.807) is 13.8 Å². The highest BCUT2D eigenvalue weighted by Crippen LogP contribution is 2.44. The SMILES string of the molecule is Cc1cccc(C)c1N1CC(C(=O)Nc2cc(C(F)(F)F)cc(C(F)(F)F)c2)(C(C)C)CC1=O. The first-order valence-corrected chi connectivity index (χ1v) is 10.5. The van der Waals surface area contributed by atoms with Crippen molar-refractivity contribution in [3.05, 3.63) is 58.7 Å². The highest BCUT2D eigenvalue weighted by atomic mass is 19.4. The van der Waals surface area contributed by atoms with Gasteiger partial charge in [0.2, 0.25) is 11.8 Å². The molecule has 184 valence electrons. The zero-order chi connectivity index (χ0) is 25.6. The lowest BCUT2D eigenvalue weighted by Gasteiger charge is -2.32. The van der Waals surface area contributed by atoms with Crippen LogP contribution in [0.5, 0.6) is 0 Å². The van der Waals surface area contributed by atoms with Crippen molar-refractivity contribution < 1.29 is 35.9 Å². The minimum absolute atomic E-state index is 0.00431. The number of hydrogen-bond acceptors (Lipinski definition) is 2. The summed E-state index contributed by atoms with van der Waals surface area (Å²) in [5.74, 6) is -1.59. The lowest BCUT2D eigenvalue weighted by molar-refractivity contribution is -0.143. The number of rotatable bonds is 4. The number of hydrogen-bond donors (Lipinski definition) is 1. The highest BCUT2D eigenvalue weighted by Gasteiger charge is 2.52. The monoisotopic (exact) mass is 486 g/mol. The molecular weight excluding hydrogens is 462 g/mol. The number of carbonyl (C=O) groups is 2. The largest absolute Gasteiger partial charge is 0.416 e. The van der Waals surface area contributed by atoms with E-state index >= 15 is 0 Å². The minimum Gasteiger partial charge on any atom is -0.326 e. The number of nitrogens with one attached hydrogen (secondary N) is 1. The predicted molar refractivity (Wildman–Crippen MR) is 115 cm³/mol. The topological polar surface area (TPSA) is 49.4 Å². The van der Waals surface area contributed by atoms with Gasteiger partial charge in [-0.1, -0.05) is 32.0 Å². The summed E-state index contributed by atoms with van der Waals surface area (Å²) in [5.41, 5.74) is -2.79. The molecule has 1 aliphatic rings. The lowest BCUT2D eigenvalue weighted by Crippen LogP contribution is -2.43. The first-order chi connectivity index (χ1) is 15.6. The van der Waals surface area contributed by atoms with Gasteiger partial charge in [0, 0.05) is 24.3 Å². The Morgan fingerprint density at radius 2 is 1.47 bits per heavy atom. The van der Waals surface area contributed by atoms with Crippen LogP contribution in [0, 0.1) is 25.2 Å². The molecule has 0 spiro atoms. The molecule has 34 heavy (non-hydrogen) atoms. The van der Waals surface area contributed by atoms with Crippen LogP contribution in [0.4, 0.5) is 37.7 Å². The molecule has 1 heterocycles. The van der Waals surface area contributed by atoms with Gasteiger partial charge in [0.25, 0.3) is 0 Å². The lowest BCUT2D eigenvalue weighted by atomic mass is 9.75. The second-order valence-corrected chi connectivity index (χ2v) is 8.96. The molecule has 4 nitrogen and oxygen atoms in total. The third-order valence-electron chi connectivity index (χ3n) is 6.32. The first kappa shape index (κ1) is 25.6. The molecule has 2 aromatic rings. The standard InChI is InChI=1S/C24H24F6N2O2/c1-13(2)22(11-19(33)32(12-22)20-14(3)6-5-7-15(20)4)21(34)31-18-9-16(23(25,26)27)8-17(10-18)24(28,29)30/h5-10,13H,11-12H2,1-4H3,(H,31,34). The van der Waals surface area contributed by atoms with Gasteiger partial charge in [0.1, 0.15) is 0 Å². The van der Waals surface area contributed by atoms with Gasteiger partial charge in [0.15, 0.2) is 0 Å². The Labute approximate surface area is 192 Å². The van der Waals surface area contributed by atoms with Crippen molar-refractivity contribution in [1.29, 1.82) is 0 Å². The van der Waals surface area contributed by atoms with Crippen LogP contribution in [0.3, 0.4) is 0 Å². The Bertz CT molecular complexity index is 1070. The van der Waals surface area contributed by atoms with E-state index in [0.29, 0.717) is 17.8 Å². The van der Waals surface area contributed by atoms with Crippen molar-refractivity contribution in [2.24, 2.45) is 11.3 Å². The fourth-order valence-electron chi connectivity index (χ4n) is 4.31. The van der Waals surface area contributed by atoms with Crippen molar-refractivity contribution in [3.63, 3.8) is 0 Å². The number of halogens is 6. The van der Waals surface area contributed by atoms with E-state index in [4.69, 9.17) is 0 Å². The smallest absolute Gasteiger partial charge is 0.326 e. The summed E-state index contributed by atoms with van der Waals surface area (Å²) in [7, 11) is 0. The molecule has 2 amide bonds. The van der Waals surface area contributed by atoms with Crippen LogP contribution in [0.2, 0.25) is 0 Å². The number of aryl methyl sites for hydroxylation is 2. The molecule has 0 saturated carbocycles. The Balaban J connectivity index is 2.00. The Hall–Kier alpha value is -3.04. The molecule has 0 radical (unpaired) electrons. The van der Waals surface area contributed by atoms with Gasteiger partial charge < -0.3 is 10.2 Å². The molecule has 1 atom stereocenters. The van der Waals surface area contributed by atoms with Gasteiger partial charge >= 0.3 is 12.4 Å². The van der Waals surface area contributed by atoms with Gasteiger partial charge in [0.05, 0.1) is 16.5 Å². The fraction of sp³-hybridized carbons (Fsp3) is 0.417. The number of benzene rings is 2. The fourth-order valence-corrected chi connectivity index (χ4v) is 4.31. The number of carbonyl (C=O) groups excluding carboxylic acids is 2. The van der Waals surface area contributed by atoms with Crippen LogP contribution < -0.4 is 10.2 Å². The second-order valence-electron chi connectivity index (χ2n) is 8.96. The third-order valence-corrected chi connectivity index (χ3v) is 6.32. The molecule has 10 heteroatoms. The molecule has 1 N–H and O–H groups in total. The van der Waals surface area contributed by atoms with Gasteiger partial charge in [-0.15, -0.1) is 0 Å². The van der Waals surface area contributed by atoms with Gasteiger partial charge in [-0.3, -0.25) is 9.59 Å². The summed E-state index contributed by atoms with van der Waals surface area (Å²) in [4.78, 5) is 27.8. The third kappa shape index (κ3) is 4.76. The maximum Gasteiger partial charge on any atom is 0.416 e. The second kappa shape index (κ2) is 8.63. The van der Waals surface area contributed by atoms with Crippen LogP contribution in [-0.4, -0.2) is 18.4 Å². The van der Waals surface area contributed by atoms with E-state index in [-0.39, 0.29) is 24.9 Å². The summed E-state index contributed by atoms with van der Waals surface area (Å²) < 4.78 is 79.3. The average Bonchev–Trinajstić information content (AvgIpc) is 3.05. The molecule has 1 fully saturated rings. The van der Waals surface area contributed by atoms with E-state index in [1.165, 1.54) is 4.90 Å². The summed E-state index contributed by atoms with van der Waals surface area (Å²) in [5, 5.41) is 2.24.